The van der Waals surface area contributed by atoms with E-state index >= 15 is 0 Å². The van der Waals surface area contributed by atoms with Crippen LogP contribution >= 0.6 is 0 Å². The van der Waals surface area contributed by atoms with Crippen LogP contribution in [0, 0.1) is 11.3 Å². The van der Waals surface area contributed by atoms with Crippen LogP contribution < -0.4 is 15.2 Å². The molecule has 0 spiro atoms. The van der Waals surface area contributed by atoms with E-state index in [1.54, 1.807) is 24.5 Å². The van der Waals surface area contributed by atoms with Crippen LogP contribution in [0.15, 0.2) is 53.2 Å². The van der Waals surface area contributed by atoms with Gasteiger partial charge in [-0.25, -0.2) is 18.5 Å². The molecular formula is C19H17N5O4S. The SMILES string of the molecule is COc1ccc(CNC(=O)/C(C#N)=C/c2c[nH]c3ncccc23)cc1S(N)(=O)=O. The van der Waals surface area contributed by atoms with Gasteiger partial charge in [0.05, 0.1) is 7.11 Å². The second-order valence-electron chi connectivity index (χ2n) is 6.03. The van der Waals surface area contributed by atoms with E-state index in [1.165, 1.54) is 25.3 Å². The van der Waals surface area contributed by atoms with E-state index in [1.807, 2.05) is 12.1 Å². The van der Waals surface area contributed by atoms with Gasteiger partial charge in [-0.2, -0.15) is 5.26 Å². The second-order valence-corrected chi connectivity index (χ2v) is 7.56. The summed E-state index contributed by atoms with van der Waals surface area (Å²) in [6.45, 7) is -0.000191. The van der Waals surface area contributed by atoms with Crippen molar-refractivity contribution < 1.29 is 17.9 Å². The molecular weight excluding hydrogens is 394 g/mol. The Morgan fingerprint density at radius 3 is 2.90 bits per heavy atom. The van der Waals surface area contributed by atoms with Crippen molar-refractivity contribution in [3.63, 3.8) is 0 Å². The molecule has 29 heavy (non-hydrogen) atoms. The fourth-order valence-electron chi connectivity index (χ4n) is 2.73. The minimum Gasteiger partial charge on any atom is -0.495 e. The monoisotopic (exact) mass is 411 g/mol. The molecule has 0 fully saturated rings. The lowest BCUT2D eigenvalue weighted by Gasteiger charge is -2.10. The highest BCUT2D eigenvalue weighted by Gasteiger charge is 2.16. The normalized spacial score (nSPS) is 11.8. The Balaban J connectivity index is 1.80. The standard InChI is InChI=1S/C19H17N5O4S/c1-28-16-5-4-12(7-17(16)29(21,26)27)10-24-19(25)13(9-20)8-14-11-23-18-15(14)3-2-6-22-18/h2-8,11H,10H2,1H3,(H,22,23)(H,24,25)(H2,21,26,27)/b13-8+. The number of hydrogen-bond acceptors (Lipinski definition) is 6. The van der Waals surface area contributed by atoms with Gasteiger partial charge in [0.1, 0.15) is 27.9 Å². The largest absolute Gasteiger partial charge is 0.495 e. The van der Waals surface area contributed by atoms with Crippen molar-refractivity contribution in [2.24, 2.45) is 5.14 Å². The first kappa shape index (κ1) is 20.1. The number of sulfonamides is 1. The van der Waals surface area contributed by atoms with Crippen LogP contribution in [0.4, 0.5) is 0 Å². The van der Waals surface area contributed by atoms with E-state index in [0.29, 0.717) is 16.8 Å². The molecule has 0 saturated carbocycles. The Labute approximate surface area is 166 Å². The molecule has 148 valence electrons. The van der Waals surface area contributed by atoms with E-state index < -0.39 is 15.9 Å². The summed E-state index contributed by atoms with van der Waals surface area (Å²) in [4.78, 5) is 19.4. The van der Waals surface area contributed by atoms with Crippen molar-refractivity contribution in [2.75, 3.05) is 7.11 Å². The molecule has 3 aromatic rings. The number of nitrogens with zero attached hydrogens (tertiary/aromatic N) is 2. The van der Waals surface area contributed by atoms with Crippen LogP contribution in [0.1, 0.15) is 11.1 Å². The van der Waals surface area contributed by atoms with Gasteiger partial charge >= 0.3 is 0 Å². The van der Waals surface area contributed by atoms with Gasteiger partial charge in [-0.05, 0) is 35.9 Å². The molecule has 0 aliphatic carbocycles. The van der Waals surface area contributed by atoms with Crippen molar-refractivity contribution >= 4 is 33.0 Å². The Bertz CT molecular complexity index is 1260. The van der Waals surface area contributed by atoms with Gasteiger partial charge in [0.25, 0.3) is 5.91 Å². The highest BCUT2D eigenvalue weighted by Crippen LogP contribution is 2.24. The number of amides is 1. The van der Waals surface area contributed by atoms with Crippen molar-refractivity contribution in [1.82, 2.24) is 15.3 Å². The molecule has 0 saturated heterocycles. The molecule has 0 aliphatic heterocycles. The van der Waals surface area contributed by atoms with Gasteiger partial charge in [-0.3, -0.25) is 4.79 Å². The average Bonchev–Trinajstić information content (AvgIpc) is 3.12. The number of fused-ring (bicyclic) bond motifs is 1. The van der Waals surface area contributed by atoms with Crippen molar-refractivity contribution in [1.29, 1.82) is 5.26 Å². The maximum absolute atomic E-state index is 12.4. The molecule has 0 unspecified atom stereocenters. The lowest BCUT2D eigenvalue weighted by atomic mass is 10.1. The zero-order valence-electron chi connectivity index (χ0n) is 15.3. The van der Waals surface area contributed by atoms with Crippen LogP contribution in [-0.4, -0.2) is 31.4 Å². The first-order chi connectivity index (χ1) is 13.8. The molecule has 2 heterocycles. The van der Waals surface area contributed by atoms with E-state index in [2.05, 4.69) is 15.3 Å². The molecule has 10 heteroatoms. The molecule has 0 atom stereocenters. The number of aromatic nitrogens is 2. The van der Waals surface area contributed by atoms with Gasteiger partial charge < -0.3 is 15.0 Å². The minimum atomic E-state index is -3.99. The first-order valence-electron chi connectivity index (χ1n) is 8.35. The lowest BCUT2D eigenvalue weighted by Crippen LogP contribution is -2.24. The molecule has 0 aliphatic rings. The fraction of sp³-hybridized carbons (Fsp3) is 0.105. The second kappa shape index (κ2) is 8.14. The Morgan fingerprint density at radius 1 is 1.41 bits per heavy atom. The van der Waals surface area contributed by atoms with E-state index in [9.17, 15) is 18.5 Å². The van der Waals surface area contributed by atoms with Crippen molar-refractivity contribution in [3.05, 3.63) is 59.4 Å². The van der Waals surface area contributed by atoms with Gasteiger partial charge in [0, 0.05) is 29.9 Å². The summed E-state index contributed by atoms with van der Waals surface area (Å²) in [6.07, 6.45) is 4.75. The number of nitrogens with one attached hydrogen (secondary N) is 2. The number of nitrogens with two attached hydrogens (primary N) is 1. The number of rotatable bonds is 6. The summed E-state index contributed by atoms with van der Waals surface area (Å²) < 4.78 is 28.4. The van der Waals surface area contributed by atoms with Crippen LogP contribution in [0.5, 0.6) is 5.75 Å². The molecule has 0 bridgehead atoms. The third-order valence-electron chi connectivity index (χ3n) is 4.14. The number of carbonyl (C=O) groups is 1. The summed E-state index contributed by atoms with van der Waals surface area (Å²) in [5.74, 6) is -0.494. The van der Waals surface area contributed by atoms with Gasteiger partial charge in [-0.1, -0.05) is 6.07 Å². The fourth-order valence-corrected chi connectivity index (χ4v) is 3.48. The average molecular weight is 411 g/mol. The minimum absolute atomic E-state index is 0.000191. The smallest absolute Gasteiger partial charge is 0.262 e. The van der Waals surface area contributed by atoms with Gasteiger partial charge in [0.15, 0.2) is 0 Å². The van der Waals surface area contributed by atoms with Gasteiger partial charge in [0.2, 0.25) is 10.0 Å². The zero-order valence-corrected chi connectivity index (χ0v) is 16.2. The molecule has 0 radical (unpaired) electrons. The Hall–Kier alpha value is -3.68. The molecule has 2 aromatic heterocycles. The lowest BCUT2D eigenvalue weighted by molar-refractivity contribution is -0.117. The molecule has 4 N–H and O–H groups in total. The number of aromatic amines is 1. The van der Waals surface area contributed by atoms with Crippen LogP contribution in [0.25, 0.3) is 17.1 Å². The quantitative estimate of drug-likeness (QED) is 0.412. The number of ether oxygens (including phenoxy) is 1. The number of methoxy groups -OCH3 is 1. The summed E-state index contributed by atoms with van der Waals surface area (Å²) in [7, 11) is -2.66. The number of primary sulfonamides is 1. The van der Waals surface area contributed by atoms with Crippen LogP contribution in [-0.2, 0) is 21.4 Å². The van der Waals surface area contributed by atoms with Crippen molar-refractivity contribution in [3.8, 4) is 11.8 Å². The van der Waals surface area contributed by atoms with E-state index in [-0.39, 0.29) is 22.8 Å². The summed E-state index contributed by atoms with van der Waals surface area (Å²) >= 11 is 0. The summed E-state index contributed by atoms with van der Waals surface area (Å²) in [5, 5.41) is 17.9. The third-order valence-corrected chi connectivity index (χ3v) is 5.07. The number of pyridine rings is 1. The van der Waals surface area contributed by atoms with Gasteiger partial charge in [-0.15, -0.1) is 0 Å². The van der Waals surface area contributed by atoms with Crippen LogP contribution in [0.2, 0.25) is 0 Å². The highest BCUT2D eigenvalue weighted by molar-refractivity contribution is 7.89. The number of H-pyrrole nitrogens is 1. The Morgan fingerprint density at radius 2 is 2.21 bits per heavy atom. The zero-order chi connectivity index (χ0) is 21.0. The molecule has 1 aromatic carbocycles. The van der Waals surface area contributed by atoms with Crippen LogP contribution in [0.3, 0.4) is 0 Å². The maximum Gasteiger partial charge on any atom is 0.262 e. The number of benzene rings is 1. The molecule has 9 nitrogen and oxygen atoms in total. The van der Waals surface area contributed by atoms with Crippen molar-refractivity contribution in [2.45, 2.75) is 11.4 Å². The predicted octanol–water partition coefficient (Wildman–Crippen LogP) is 1.44. The predicted molar refractivity (Wildman–Crippen MR) is 106 cm³/mol. The topological polar surface area (TPSA) is 151 Å². The first-order valence-corrected chi connectivity index (χ1v) is 9.90. The maximum atomic E-state index is 12.4. The third kappa shape index (κ3) is 4.43. The summed E-state index contributed by atoms with van der Waals surface area (Å²) in [6, 6.07) is 9.81. The number of nitriles is 1. The van der Waals surface area contributed by atoms with E-state index in [0.717, 1.165) is 5.39 Å². The number of carbonyl (C=O) groups excluding carboxylic acids is 1. The highest BCUT2D eigenvalue weighted by atomic mass is 32.2. The number of hydrogen-bond donors (Lipinski definition) is 3. The molecule has 1 amide bonds. The Kier molecular flexibility index (Phi) is 5.63. The van der Waals surface area contributed by atoms with E-state index in [4.69, 9.17) is 9.88 Å². The summed E-state index contributed by atoms with van der Waals surface area (Å²) in [5.41, 5.74) is 1.68. The molecule has 3 rings (SSSR count).